The highest BCUT2D eigenvalue weighted by atomic mass is 16.5. The number of carbonyl (C=O) groups is 1. The highest BCUT2D eigenvalue weighted by Crippen LogP contribution is 2.14. The Balaban J connectivity index is 2.57. The van der Waals surface area contributed by atoms with Crippen molar-refractivity contribution >= 4 is 5.91 Å². The number of carbonyl (C=O) groups excluding carboxylic acids is 1. The third-order valence-electron chi connectivity index (χ3n) is 1.66. The zero-order valence-corrected chi connectivity index (χ0v) is 9.16. The van der Waals surface area contributed by atoms with E-state index in [9.17, 15) is 4.79 Å². The van der Waals surface area contributed by atoms with E-state index in [0.717, 1.165) is 0 Å². The Labute approximate surface area is 88.6 Å². The van der Waals surface area contributed by atoms with Crippen molar-refractivity contribution in [2.45, 2.75) is 33.0 Å². The molecule has 0 aromatic carbocycles. The van der Waals surface area contributed by atoms with Crippen molar-refractivity contribution < 1.29 is 13.9 Å². The SMILES string of the molecule is CC(C)(C)OCc1ccc(C(=O)NN)o1. The molecule has 1 aromatic heterocycles. The van der Waals surface area contributed by atoms with Crippen LogP contribution in [0.2, 0.25) is 0 Å². The van der Waals surface area contributed by atoms with Crippen LogP contribution in [0.25, 0.3) is 0 Å². The van der Waals surface area contributed by atoms with Gasteiger partial charge in [0.15, 0.2) is 5.76 Å². The maximum Gasteiger partial charge on any atom is 0.300 e. The van der Waals surface area contributed by atoms with Gasteiger partial charge in [0.25, 0.3) is 0 Å². The molecule has 0 aliphatic carbocycles. The van der Waals surface area contributed by atoms with Gasteiger partial charge >= 0.3 is 5.91 Å². The van der Waals surface area contributed by atoms with Crippen molar-refractivity contribution in [1.29, 1.82) is 0 Å². The molecule has 0 fully saturated rings. The van der Waals surface area contributed by atoms with Gasteiger partial charge in [-0.1, -0.05) is 0 Å². The summed E-state index contributed by atoms with van der Waals surface area (Å²) >= 11 is 0. The smallest absolute Gasteiger partial charge is 0.300 e. The van der Waals surface area contributed by atoms with Crippen LogP contribution in [-0.2, 0) is 11.3 Å². The Bertz CT molecular complexity index is 339. The van der Waals surface area contributed by atoms with Gasteiger partial charge in [-0.2, -0.15) is 0 Å². The zero-order valence-electron chi connectivity index (χ0n) is 9.16. The molecule has 0 bridgehead atoms. The van der Waals surface area contributed by atoms with Crippen LogP contribution in [0.1, 0.15) is 37.1 Å². The zero-order chi connectivity index (χ0) is 11.5. The first-order valence-corrected chi connectivity index (χ1v) is 4.66. The normalized spacial score (nSPS) is 11.5. The molecule has 0 saturated carbocycles. The first-order valence-electron chi connectivity index (χ1n) is 4.66. The molecule has 0 aliphatic rings. The fraction of sp³-hybridized carbons (Fsp3) is 0.500. The van der Waals surface area contributed by atoms with Gasteiger partial charge in [0.1, 0.15) is 12.4 Å². The highest BCUT2D eigenvalue weighted by Gasteiger charge is 2.13. The number of nitrogens with two attached hydrogens (primary N) is 1. The molecule has 5 heteroatoms. The van der Waals surface area contributed by atoms with Crippen LogP contribution in [0.15, 0.2) is 16.5 Å². The summed E-state index contributed by atoms with van der Waals surface area (Å²) in [6.07, 6.45) is 0. The van der Waals surface area contributed by atoms with Gasteiger partial charge in [-0.25, -0.2) is 5.84 Å². The number of furan rings is 1. The molecule has 1 amide bonds. The number of hydrazine groups is 1. The lowest BCUT2D eigenvalue weighted by Gasteiger charge is -2.18. The minimum atomic E-state index is -0.447. The van der Waals surface area contributed by atoms with Crippen LogP contribution in [0, 0.1) is 0 Å². The van der Waals surface area contributed by atoms with Gasteiger partial charge in [0.2, 0.25) is 0 Å². The number of hydrogen-bond acceptors (Lipinski definition) is 4. The Morgan fingerprint density at radius 1 is 1.53 bits per heavy atom. The molecule has 0 spiro atoms. The van der Waals surface area contributed by atoms with Gasteiger partial charge in [0.05, 0.1) is 5.60 Å². The largest absolute Gasteiger partial charge is 0.453 e. The van der Waals surface area contributed by atoms with Crippen molar-refractivity contribution in [2.24, 2.45) is 5.84 Å². The molecule has 0 atom stereocenters. The molecule has 0 radical (unpaired) electrons. The fourth-order valence-electron chi connectivity index (χ4n) is 0.936. The van der Waals surface area contributed by atoms with Crippen LogP contribution >= 0.6 is 0 Å². The van der Waals surface area contributed by atoms with E-state index in [1.165, 1.54) is 0 Å². The van der Waals surface area contributed by atoms with E-state index < -0.39 is 5.91 Å². The molecule has 1 rings (SSSR count). The molecule has 5 nitrogen and oxygen atoms in total. The van der Waals surface area contributed by atoms with E-state index in [1.807, 2.05) is 26.2 Å². The van der Waals surface area contributed by atoms with Gasteiger partial charge in [-0.3, -0.25) is 10.2 Å². The predicted molar refractivity (Wildman–Crippen MR) is 54.9 cm³/mol. The monoisotopic (exact) mass is 212 g/mol. The van der Waals surface area contributed by atoms with E-state index in [2.05, 4.69) is 0 Å². The summed E-state index contributed by atoms with van der Waals surface area (Å²) < 4.78 is 10.7. The molecule has 1 aromatic rings. The van der Waals surface area contributed by atoms with Crippen molar-refractivity contribution in [3.63, 3.8) is 0 Å². The molecule has 0 aliphatic heterocycles. The van der Waals surface area contributed by atoms with E-state index in [4.69, 9.17) is 15.0 Å². The minimum absolute atomic E-state index is 0.185. The summed E-state index contributed by atoms with van der Waals surface area (Å²) in [6.45, 7) is 6.18. The van der Waals surface area contributed by atoms with Gasteiger partial charge < -0.3 is 9.15 Å². The van der Waals surface area contributed by atoms with Gasteiger partial charge in [-0.15, -0.1) is 0 Å². The topological polar surface area (TPSA) is 77.5 Å². The number of amides is 1. The number of nitrogen functional groups attached to an aromatic ring is 1. The lowest BCUT2D eigenvalue weighted by molar-refractivity contribution is -0.0226. The number of nitrogens with one attached hydrogen (secondary N) is 1. The number of rotatable bonds is 3. The average molecular weight is 212 g/mol. The molecule has 15 heavy (non-hydrogen) atoms. The Hall–Kier alpha value is -1.33. The Morgan fingerprint density at radius 3 is 2.73 bits per heavy atom. The summed E-state index contributed by atoms with van der Waals surface area (Å²) in [5.41, 5.74) is 1.76. The summed E-state index contributed by atoms with van der Waals surface area (Å²) in [6, 6.07) is 3.25. The van der Waals surface area contributed by atoms with E-state index in [-0.39, 0.29) is 11.4 Å². The number of hydrogen-bond donors (Lipinski definition) is 2. The van der Waals surface area contributed by atoms with Crippen molar-refractivity contribution in [1.82, 2.24) is 5.43 Å². The van der Waals surface area contributed by atoms with Crippen LogP contribution in [-0.4, -0.2) is 11.5 Å². The molecule has 0 unspecified atom stereocenters. The summed E-state index contributed by atoms with van der Waals surface area (Å²) in [4.78, 5) is 11.1. The van der Waals surface area contributed by atoms with Crippen molar-refractivity contribution in [3.8, 4) is 0 Å². The second-order valence-corrected chi connectivity index (χ2v) is 4.14. The van der Waals surface area contributed by atoms with Crippen LogP contribution in [0.4, 0.5) is 0 Å². The Morgan fingerprint density at radius 2 is 2.20 bits per heavy atom. The van der Waals surface area contributed by atoms with Crippen LogP contribution in [0.3, 0.4) is 0 Å². The van der Waals surface area contributed by atoms with E-state index >= 15 is 0 Å². The van der Waals surface area contributed by atoms with Gasteiger partial charge in [-0.05, 0) is 32.9 Å². The quantitative estimate of drug-likeness (QED) is 0.448. The molecule has 84 valence electrons. The molecule has 0 saturated heterocycles. The standard InChI is InChI=1S/C10H16N2O3/c1-10(2,3)14-6-7-4-5-8(15-7)9(13)12-11/h4-5H,6,11H2,1-3H3,(H,12,13). The molecular formula is C10H16N2O3. The van der Waals surface area contributed by atoms with Gasteiger partial charge in [0, 0.05) is 0 Å². The lowest BCUT2D eigenvalue weighted by Crippen LogP contribution is -2.29. The third kappa shape index (κ3) is 3.73. The van der Waals surface area contributed by atoms with Crippen LogP contribution in [0.5, 0.6) is 0 Å². The van der Waals surface area contributed by atoms with E-state index in [0.29, 0.717) is 12.4 Å². The first kappa shape index (κ1) is 11.7. The summed E-state index contributed by atoms with van der Waals surface area (Å²) in [7, 11) is 0. The van der Waals surface area contributed by atoms with Crippen LogP contribution < -0.4 is 11.3 Å². The second kappa shape index (κ2) is 4.46. The highest BCUT2D eigenvalue weighted by molar-refractivity contribution is 5.90. The lowest BCUT2D eigenvalue weighted by atomic mass is 10.2. The average Bonchev–Trinajstić information content (AvgIpc) is 2.61. The maximum absolute atomic E-state index is 11.1. The number of ether oxygens (including phenoxy) is 1. The minimum Gasteiger partial charge on any atom is -0.453 e. The van der Waals surface area contributed by atoms with Crippen molar-refractivity contribution in [3.05, 3.63) is 23.7 Å². The second-order valence-electron chi connectivity index (χ2n) is 4.14. The summed E-state index contributed by atoms with van der Waals surface area (Å²) in [5, 5.41) is 0. The maximum atomic E-state index is 11.1. The molecule has 1 heterocycles. The molecule has 3 N–H and O–H groups in total. The predicted octanol–water partition coefficient (Wildman–Crippen LogP) is 1.20. The Kier molecular flexibility index (Phi) is 3.49. The van der Waals surface area contributed by atoms with Crippen molar-refractivity contribution in [2.75, 3.05) is 0 Å². The first-order chi connectivity index (χ1) is 6.92. The van der Waals surface area contributed by atoms with E-state index in [1.54, 1.807) is 12.1 Å². The molecular weight excluding hydrogens is 196 g/mol. The third-order valence-corrected chi connectivity index (χ3v) is 1.66. The fourth-order valence-corrected chi connectivity index (χ4v) is 0.936. The summed E-state index contributed by atoms with van der Waals surface area (Å²) in [5.74, 6) is 5.30.